The lowest BCUT2D eigenvalue weighted by molar-refractivity contribution is 0.177. The van der Waals surface area contributed by atoms with Crippen molar-refractivity contribution in [1.82, 2.24) is 0 Å². The van der Waals surface area contributed by atoms with Gasteiger partial charge in [-0.25, -0.2) is 0 Å². The van der Waals surface area contributed by atoms with E-state index in [1.54, 1.807) is 0 Å². The molecule has 1 saturated carbocycles. The summed E-state index contributed by atoms with van der Waals surface area (Å²) in [5.74, 6) is 0.715. The third-order valence-corrected chi connectivity index (χ3v) is 2.15. The van der Waals surface area contributed by atoms with E-state index in [1.165, 1.54) is 12.0 Å². The minimum atomic E-state index is -0.0238. The fraction of sp³-hybridized carbons (Fsp3) is 0.778. The molecule has 0 aromatic heterocycles. The standard InChI is InChI=1S/C9H16O/c1-7(2)5-8-3-4-9(10)6-8/h8-10H,1,3-6H2,2H3. The molecule has 1 aliphatic rings. The van der Waals surface area contributed by atoms with Crippen LogP contribution in [0, 0.1) is 5.92 Å². The zero-order chi connectivity index (χ0) is 7.56. The third-order valence-electron chi connectivity index (χ3n) is 2.15. The number of allylic oxidation sites excluding steroid dienone is 1. The molecule has 1 nitrogen and oxygen atoms in total. The van der Waals surface area contributed by atoms with Crippen LogP contribution in [0.25, 0.3) is 0 Å². The molecule has 2 atom stereocenters. The van der Waals surface area contributed by atoms with E-state index in [2.05, 4.69) is 13.5 Å². The van der Waals surface area contributed by atoms with Crippen LogP contribution < -0.4 is 0 Å². The summed E-state index contributed by atoms with van der Waals surface area (Å²) in [6, 6.07) is 0. The molecule has 0 aromatic carbocycles. The monoisotopic (exact) mass is 140 g/mol. The van der Waals surface area contributed by atoms with E-state index in [1.807, 2.05) is 0 Å². The fourth-order valence-electron chi connectivity index (χ4n) is 1.73. The summed E-state index contributed by atoms with van der Waals surface area (Å²) in [7, 11) is 0. The Morgan fingerprint density at radius 2 is 2.30 bits per heavy atom. The molecule has 0 amide bonds. The van der Waals surface area contributed by atoms with E-state index >= 15 is 0 Å². The number of aliphatic hydroxyl groups excluding tert-OH is 1. The van der Waals surface area contributed by atoms with Gasteiger partial charge in [0.15, 0.2) is 0 Å². The van der Waals surface area contributed by atoms with E-state index in [0.29, 0.717) is 5.92 Å². The largest absolute Gasteiger partial charge is 0.393 e. The van der Waals surface area contributed by atoms with E-state index in [4.69, 9.17) is 0 Å². The molecule has 10 heavy (non-hydrogen) atoms. The maximum absolute atomic E-state index is 9.18. The lowest BCUT2D eigenvalue weighted by atomic mass is 10.00. The Bertz CT molecular complexity index is 129. The molecular weight excluding hydrogens is 124 g/mol. The fourth-order valence-corrected chi connectivity index (χ4v) is 1.73. The number of rotatable bonds is 2. The second-order valence-corrected chi connectivity index (χ2v) is 3.49. The van der Waals surface area contributed by atoms with E-state index in [0.717, 1.165) is 19.3 Å². The highest BCUT2D eigenvalue weighted by molar-refractivity contribution is 4.92. The normalized spacial score (nSPS) is 32.6. The van der Waals surface area contributed by atoms with Crippen LogP contribution in [0.4, 0.5) is 0 Å². The summed E-state index contributed by atoms with van der Waals surface area (Å²) in [4.78, 5) is 0. The van der Waals surface area contributed by atoms with Gasteiger partial charge in [0.1, 0.15) is 0 Å². The first-order chi connectivity index (χ1) is 4.68. The molecule has 0 radical (unpaired) electrons. The average molecular weight is 140 g/mol. The Hall–Kier alpha value is -0.300. The average Bonchev–Trinajstić information content (AvgIpc) is 2.13. The minimum absolute atomic E-state index is 0.0238. The van der Waals surface area contributed by atoms with Crippen molar-refractivity contribution in [2.45, 2.75) is 38.7 Å². The van der Waals surface area contributed by atoms with Gasteiger partial charge in [-0.2, -0.15) is 0 Å². The van der Waals surface area contributed by atoms with Crippen LogP contribution in [0.15, 0.2) is 12.2 Å². The second kappa shape index (κ2) is 3.20. The Kier molecular flexibility index (Phi) is 2.50. The molecule has 1 rings (SSSR count). The molecule has 0 aromatic rings. The van der Waals surface area contributed by atoms with Crippen molar-refractivity contribution < 1.29 is 5.11 Å². The summed E-state index contributed by atoms with van der Waals surface area (Å²) >= 11 is 0. The molecule has 1 heteroatoms. The Balaban J connectivity index is 2.24. The van der Waals surface area contributed by atoms with Crippen molar-refractivity contribution in [3.63, 3.8) is 0 Å². The van der Waals surface area contributed by atoms with Crippen molar-refractivity contribution in [2.24, 2.45) is 5.92 Å². The van der Waals surface area contributed by atoms with Crippen LogP contribution in [0.5, 0.6) is 0 Å². The predicted octanol–water partition coefficient (Wildman–Crippen LogP) is 2.11. The molecule has 1 aliphatic carbocycles. The summed E-state index contributed by atoms with van der Waals surface area (Å²) in [5.41, 5.74) is 1.25. The lowest BCUT2D eigenvalue weighted by Crippen LogP contribution is -2.00. The van der Waals surface area contributed by atoms with Crippen LogP contribution in [-0.4, -0.2) is 11.2 Å². The smallest absolute Gasteiger partial charge is 0.0543 e. The first-order valence-electron chi connectivity index (χ1n) is 4.01. The van der Waals surface area contributed by atoms with Gasteiger partial charge in [0.05, 0.1) is 6.10 Å². The van der Waals surface area contributed by atoms with Gasteiger partial charge < -0.3 is 5.11 Å². The molecule has 1 fully saturated rings. The number of aliphatic hydroxyl groups is 1. The van der Waals surface area contributed by atoms with Crippen LogP contribution in [0.3, 0.4) is 0 Å². The van der Waals surface area contributed by atoms with Crippen molar-refractivity contribution >= 4 is 0 Å². The summed E-state index contributed by atoms with van der Waals surface area (Å²) in [5, 5.41) is 9.18. The summed E-state index contributed by atoms with van der Waals surface area (Å²) in [6.07, 6.45) is 4.26. The van der Waals surface area contributed by atoms with E-state index in [-0.39, 0.29) is 6.10 Å². The van der Waals surface area contributed by atoms with Crippen molar-refractivity contribution in [3.05, 3.63) is 12.2 Å². The Morgan fingerprint density at radius 3 is 2.70 bits per heavy atom. The maximum atomic E-state index is 9.18. The van der Waals surface area contributed by atoms with Crippen molar-refractivity contribution in [1.29, 1.82) is 0 Å². The SMILES string of the molecule is C=C(C)CC1CCC(O)C1. The molecule has 0 bridgehead atoms. The predicted molar refractivity (Wildman–Crippen MR) is 42.8 cm³/mol. The maximum Gasteiger partial charge on any atom is 0.0543 e. The summed E-state index contributed by atoms with van der Waals surface area (Å²) in [6.45, 7) is 5.92. The minimum Gasteiger partial charge on any atom is -0.393 e. The first kappa shape index (κ1) is 7.80. The quantitative estimate of drug-likeness (QED) is 0.582. The van der Waals surface area contributed by atoms with Gasteiger partial charge >= 0.3 is 0 Å². The highest BCUT2D eigenvalue weighted by Crippen LogP contribution is 2.29. The number of hydrogen-bond acceptors (Lipinski definition) is 1. The van der Waals surface area contributed by atoms with Gasteiger partial charge in [-0.1, -0.05) is 5.57 Å². The number of hydrogen-bond donors (Lipinski definition) is 1. The van der Waals surface area contributed by atoms with Gasteiger partial charge in [0.2, 0.25) is 0 Å². The Morgan fingerprint density at radius 1 is 1.60 bits per heavy atom. The van der Waals surface area contributed by atoms with Crippen molar-refractivity contribution in [3.8, 4) is 0 Å². The van der Waals surface area contributed by atoms with Crippen LogP contribution in [0.1, 0.15) is 32.6 Å². The summed E-state index contributed by atoms with van der Waals surface area (Å²) < 4.78 is 0. The molecule has 0 spiro atoms. The van der Waals surface area contributed by atoms with Crippen molar-refractivity contribution in [2.75, 3.05) is 0 Å². The zero-order valence-electron chi connectivity index (χ0n) is 6.64. The van der Waals surface area contributed by atoms with Gasteiger partial charge in [-0.05, 0) is 38.5 Å². The Labute approximate surface area is 62.8 Å². The van der Waals surface area contributed by atoms with Crippen LogP contribution >= 0.6 is 0 Å². The molecule has 2 unspecified atom stereocenters. The molecule has 0 heterocycles. The topological polar surface area (TPSA) is 20.2 Å². The second-order valence-electron chi connectivity index (χ2n) is 3.49. The third kappa shape index (κ3) is 2.14. The van der Waals surface area contributed by atoms with Crippen LogP contribution in [-0.2, 0) is 0 Å². The molecule has 0 aliphatic heterocycles. The zero-order valence-corrected chi connectivity index (χ0v) is 6.64. The van der Waals surface area contributed by atoms with Crippen LogP contribution in [0.2, 0.25) is 0 Å². The lowest BCUT2D eigenvalue weighted by Gasteiger charge is -2.07. The highest BCUT2D eigenvalue weighted by atomic mass is 16.3. The molecule has 58 valence electrons. The van der Waals surface area contributed by atoms with E-state index < -0.39 is 0 Å². The molecular formula is C9H16O. The van der Waals surface area contributed by atoms with Gasteiger partial charge in [-0.15, -0.1) is 6.58 Å². The molecule has 1 N–H and O–H groups in total. The van der Waals surface area contributed by atoms with E-state index in [9.17, 15) is 5.11 Å². The molecule has 0 saturated heterocycles. The first-order valence-corrected chi connectivity index (χ1v) is 4.01. The van der Waals surface area contributed by atoms with Gasteiger partial charge in [0.25, 0.3) is 0 Å². The highest BCUT2D eigenvalue weighted by Gasteiger charge is 2.21. The van der Waals surface area contributed by atoms with Gasteiger partial charge in [-0.3, -0.25) is 0 Å². The van der Waals surface area contributed by atoms with Gasteiger partial charge in [0, 0.05) is 0 Å².